The van der Waals surface area contributed by atoms with Crippen molar-refractivity contribution in [3.8, 4) is 0 Å². The molecule has 0 aromatic rings. The Hall–Kier alpha value is -0.380. The first-order chi connectivity index (χ1) is 5.92. The molecule has 0 spiro atoms. The number of carboxylic acids is 1. The number of alkyl halides is 3. The molecule has 1 aliphatic carbocycles. The van der Waals surface area contributed by atoms with E-state index in [0.29, 0.717) is 0 Å². The summed E-state index contributed by atoms with van der Waals surface area (Å²) in [5, 5.41) is 8.83. The van der Waals surface area contributed by atoms with Crippen LogP contribution in [0.15, 0.2) is 0 Å². The predicted molar refractivity (Wildman–Crippen MR) is 44.2 cm³/mol. The molecular weight excluding hydrogens is 202 g/mol. The molecule has 0 amide bonds. The van der Waals surface area contributed by atoms with Gasteiger partial charge in [0.1, 0.15) is 0 Å². The zero-order valence-corrected chi connectivity index (χ0v) is 7.78. The topological polar surface area (TPSA) is 37.3 Å². The van der Waals surface area contributed by atoms with E-state index in [0.717, 1.165) is 0 Å². The van der Waals surface area contributed by atoms with Gasteiger partial charge in [-0.15, -0.1) is 11.6 Å². The number of aliphatic carboxylic acids is 1. The first-order valence-corrected chi connectivity index (χ1v) is 4.63. The SMILES string of the molecule is O=C(O)C1(CCl)CCC(F)(F)CC1. The Morgan fingerprint density at radius 3 is 2.08 bits per heavy atom. The van der Waals surface area contributed by atoms with Crippen LogP contribution in [0.1, 0.15) is 25.7 Å². The monoisotopic (exact) mass is 212 g/mol. The summed E-state index contributed by atoms with van der Waals surface area (Å²) >= 11 is 5.50. The normalized spacial score (nSPS) is 25.5. The van der Waals surface area contributed by atoms with Gasteiger partial charge in [-0.2, -0.15) is 0 Å². The van der Waals surface area contributed by atoms with Crippen molar-refractivity contribution in [1.82, 2.24) is 0 Å². The summed E-state index contributed by atoms with van der Waals surface area (Å²) in [6.45, 7) is 0. The fraction of sp³-hybridized carbons (Fsp3) is 0.875. The van der Waals surface area contributed by atoms with Crippen molar-refractivity contribution in [3.05, 3.63) is 0 Å². The third kappa shape index (κ3) is 2.10. The van der Waals surface area contributed by atoms with Crippen LogP contribution in [0.5, 0.6) is 0 Å². The minimum absolute atomic E-state index is 0.0289. The maximum Gasteiger partial charge on any atom is 0.310 e. The predicted octanol–water partition coefficient (Wildman–Crippen LogP) is 2.51. The standard InChI is InChI=1S/C8H11ClF2O2/c9-5-7(6(12)13)1-3-8(10,11)4-2-7/h1-5H2,(H,12,13). The second kappa shape index (κ2) is 3.40. The van der Waals surface area contributed by atoms with Gasteiger partial charge < -0.3 is 5.11 Å². The number of halogens is 3. The third-order valence-electron chi connectivity index (χ3n) is 2.65. The zero-order chi connectivity index (χ0) is 10.1. The quantitative estimate of drug-likeness (QED) is 0.715. The van der Waals surface area contributed by atoms with Crippen molar-refractivity contribution in [1.29, 1.82) is 0 Å². The second-order valence-corrected chi connectivity index (χ2v) is 3.84. The molecule has 1 fully saturated rings. The molecule has 0 aromatic heterocycles. The number of carbonyl (C=O) groups is 1. The van der Waals surface area contributed by atoms with Crippen LogP contribution in [0, 0.1) is 5.41 Å². The summed E-state index contributed by atoms with van der Waals surface area (Å²) in [4.78, 5) is 10.8. The van der Waals surface area contributed by atoms with Crippen molar-refractivity contribution in [3.63, 3.8) is 0 Å². The molecule has 0 atom stereocenters. The maximum absolute atomic E-state index is 12.7. The summed E-state index contributed by atoms with van der Waals surface area (Å²) in [5.74, 6) is -3.85. The van der Waals surface area contributed by atoms with Gasteiger partial charge in [-0.05, 0) is 12.8 Å². The van der Waals surface area contributed by atoms with Gasteiger partial charge in [0.25, 0.3) is 0 Å². The van der Waals surface area contributed by atoms with Crippen LogP contribution in [0.4, 0.5) is 8.78 Å². The van der Waals surface area contributed by atoms with Gasteiger partial charge in [-0.3, -0.25) is 4.79 Å². The first-order valence-electron chi connectivity index (χ1n) is 4.09. The summed E-state index contributed by atoms with van der Waals surface area (Å²) in [5.41, 5.74) is -1.12. The number of carboxylic acid groups (broad SMARTS) is 1. The Morgan fingerprint density at radius 1 is 1.31 bits per heavy atom. The highest BCUT2D eigenvalue weighted by Crippen LogP contribution is 2.44. The van der Waals surface area contributed by atoms with E-state index in [1.54, 1.807) is 0 Å². The lowest BCUT2D eigenvalue weighted by atomic mass is 9.74. The van der Waals surface area contributed by atoms with E-state index in [4.69, 9.17) is 16.7 Å². The van der Waals surface area contributed by atoms with E-state index >= 15 is 0 Å². The summed E-state index contributed by atoms with van der Waals surface area (Å²) in [7, 11) is 0. The highest BCUT2D eigenvalue weighted by molar-refractivity contribution is 6.19. The lowest BCUT2D eigenvalue weighted by Gasteiger charge is -2.34. The molecule has 0 aromatic carbocycles. The Labute approximate surface area is 79.9 Å². The van der Waals surface area contributed by atoms with Crippen LogP contribution in [0.3, 0.4) is 0 Å². The van der Waals surface area contributed by atoms with Crippen LogP contribution in [0.2, 0.25) is 0 Å². The average molecular weight is 213 g/mol. The van der Waals surface area contributed by atoms with Crippen LogP contribution in [-0.2, 0) is 4.79 Å². The molecule has 2 nitrogen and oxygen atoms in total. The Morgan fingerprint density at radius 2 is 1.77 bits per heavy atom. The van der Waals surface area contributed by atoms with Crippen molar-refractivity contribution in [2.45, 2.75) is 31.6 Å². The number of rotatable bonds is 2. The van der Waals surface area contributed by atoms with Crippen molar-refractivity contribution in [2.24, 2.45) is 5.41 Å². The van der Waals surface area contributed by atoms with Crippen LogP contribution >= 0.6 is 11.6 Å². The van der Waals surface area contributed by atoms with Crippen molar-refractivity contribution in [2.75, 3.05) is 5.88 Å². The smallest absolute Gasteiger partial charge is 0.310 e. The molecule has 5 heteroatoms. The first kappa shape index (κ1) is 10.7. The fourth-order valence-corrected chi connectivity index (χ4v) is 1.88. The zero-order valence-electron chi connectivity index (χ0n) is 7.02. The van der Waals surface area contributed by atoms with Gasteiger partial charge in [0.15, 0.2) is 0 Å². The van der Waals surface area contributed by atoms with E-state index in [2.05, 4.69) is 0 Å². The Bertz CT molecular complexity index is 208. The molecule has 1 aliphatic rings. The molecule has 1 rings (SSSR count). The van der Waals surface area contributed by atoms with Crippen molar-refractivity contribution >= 4 is 17.6 Å². The molecule has 0 heterocycles. The van der Waals surface area contributed by atoms with Gasteiger partial charge in [-0.1, -0.05) is 0 Å². The van der Waals surface area contributed by atoms with E-state index in [1.807, 2.05) is 0 Å². The molecule has 0 bridgehead atoms. The summed E-state index contributed by atoms with van der Waals surface area (Å²) < 4.78 is 25.4. The number of hydrogen-bond donors (Lipinski definition) is 1. The van der Waals surface area contributed by atoms with E-state index in [1.165, 1.54) is 0 Å². The van der Waals surface area contributed by atoms with E-state index in [9.17, 15) is 13.6 Å². The molecule has 1 saturated carbocycles. The molecule has 0 saturated heterocycles. The van der Waals surface area contributed by atoms with E-state index in [-0.39, 0.29) is 31.6 Å². The van der Waals surface area contributed by atoms with Crippen LogP contribution in [-0.4, -0.2) is 22.9 Å². The molecule has 0 radical (unpaired) electrons. The van der Waals surface area contributed by atoms with Gasteiger partial charge >= 0.3 is 5.97 Å². The van der Waals surface area contributed by atoms with E-state index < -0.39 is 17.3 Å². The molecule has 1 N–H and O–H groups in total. The minimum Gasteiger partial charge on any atom is -0.481 e. The van der Waals surface area contributed by atoms with Crippen LogP contribution < -0.4 is 0 Å². The summed E-state index contributed by atoms with van der Waals surface area (Å²) in [6.07, 6.45) is -0.796. The fourth-order valence-electron chi connectivity index (χ4n) is 1.50. The molecule has 0 unspecified atom stereocenters. The Balaban J connectivity index is 2.69. The van der Waals surface area contributed by atoms with Gasteiger partial charge in [0.2, 0.25) is 5.92 Å². The second-order valence-electron chi connectivity index (χ2n) is 3.58. The number of hydrogen-bond acceptors (Lipinski definition) is 1. The minimum atomic E-state index is -2.70. The van der Waals surface area contributed by atoms with Gasteiger partial charge in [-0.25, -0.2) is 8.78 Å². The highest BCUT2D eigenvalue weighted by atomic mass is 35.5. The average Bonchev–Trinajstić information content (AvgIpc) is 2.05. The van der Waals surface area contributed by atoms with Gasteiger partial charge in [0.05, 0.1) is 5.41 Å². The maximum atomic E-state index is 12.7. The highest BCUT2D eigenvalue weighted by Gasteiger charge is 2.47. The van der Waals surface area contributed by atoms with Crippen molar-refractivity contribution < 1.29 is 18.7 Å². The molecule has 0 aliphatic heterocycles. The Kier molecular flexibility index (Phi) is 2.80. The lowest BCUT2D eigenvalue weighted by Crippen LogP contribution is -2.40. The molecule has 13 heavy (non-hydrogen) atoms. The van der Waals surface area contributed by atoms with Crippen LogP contribution in [0.25, 0.3) is 0 Å². The molecule has 76 valence electrons. The largest absolute Gasteiger partial charge is 0.481 e. The lowest BCUT2D eigenvalue weighted by molar-refractivity contribution is -0.154. The third-order valence-corrected chi connectivity index (χ3v) is 3.16. The molecular formula is C8H11ClF2O2. The van der Waals surface area contributed by atoms with Gasteiger partial charge in [0, 0.05) is 18.7 Å². The summed E-state index contributed by atoms with van der Waals surface area (Å²) in [6, 6.07) is 0.